The first-order chi connectivity index (χ1) is 9.99. The van der Waals surface area contributed by atoms with Gasteiger partial charge < -0.3 is 20.2 Å². The number of amides is 2. The van der Waals surface area contributed by atoms with Crippen LogP contribution in [0.1, 0.15) is 12.8 Å². The first-order valence-electron chi connectivity index (χ1n) is 7.03. The topological polar surface area (TPSA) is 72.9 Å². The highest BCUT2D eigenvalue weighted by Crippen LogP contribution is 2.23. The van der Waals surface area contributed by atoms with E-state index in [1.807, 2.05) is 31.1 Å². The van der Waals surface area contributed by atoms with Crippen LogP contribution in [0.15, 0.2) is 24.3 Å². The number of benzene rings is 1. The van der Waals surface area contributed by atoms with Gasteiger partial charge in [-0.2, -0.15) is 0 Å². The average molecular weight is 291 g/mol. The van der Waals surface area contributed by atoms with Gasteiger partial charge in [0.05, 0.1) is 17.5 Å². The Bertz CT molecular complexity index is 531. The third-order valence-electron chi connectivity index (χ3n) is 3.51. The van der Waals surface area contributed by atoms with Gasteiger partial charge in [0.1, 0.15) is 0 Å². The average Bonchev–Trinajstić information content (AvgIpc) is 2.46. The molecule has 0 radical (unpaired) electrons. The summed E-state index contributed by atoms with van der Waals surface area (Å²) in [6, 6.07) is 7.29. The lowest BCUT2D eigenvalue weighted by molar-refractivity contribution is -0.145. The second-order valence-electron chi connectivity index (χ2n) is 5.41. The molecule has 0 spiro atoms. The number of hydrogen-bond acceptors (Lipinski definition) is 4. The summed E-state index contributed by atoms with van der Waals surface area (Å²) in [6.45, 7) is 0.736. The number of carbonyl (C=O) groups is 2. The van der Waals surface area contributed by atoms with Crippen LogP contribution in [-0.2, 0) is 9.59 Å². The van der Waals surface area contributed by atoms with Crippen molar-refractivity contribution in [3.63, 3.8) is 0 Å². The van der Waals surface area contributed by atoms with E-state index in [0.29, 0.717) is 25.1 Å². The number of piperidine rings is 1. The van der Waals surface area contributed by atoms with Gasteiger partial charge in [-0.25, -0.2) is 0 Å². The molecule has 1 saturated heterocycles. The van der Waals surface area contributed by atoms with Gasteiger partial charge in [-0.15, -0.1) is 0 Å². The van der Waals surface area contributed by atoms with E-state index in [1.165, 1.54) is 4.90 Å². The molecular formula is C15H21N3O3. The molecule has 1 fully saturated rings. The molecule has 1 heterocycles. The van der Waals surface area contributed by atoms with Crippen molar-refractivity contribution >= 4 is 23.2 Å². The van der Waals surface area contributed by atoms with Crippen molar-refractivity contribution < 1.29 is 14.7 Å². The highest BCUT2D eigenvalue weighted by molar-refractivity contribution is 6.39. The summed E-state index contributed by atoms with van der Waals surface area (Å²) in [4.78, 5) is 27.5. The second-order valence-corrected chi connectivity index (χ2v) is 5.41. The highest BCUT2D eigenvalue weighted by Gasteiger charge is 2.27. The number of rotatable bonds is 2. The van der Waals surface area contributed by atoms with E-state index < -0.39 is 17.9 Å². The molecule has 0 saturated carbocycles. The maximum atomic E-state index is 12.1. The minimum atomic E-state index is -0.668. The van der Waals surface area contributed by atoms with Crippen molar-refractivity contribution in [2.45, 2.75) is 18.9 Å². The van der Waals surface area contributed by atoms with E-state index in [9.17, 15) is 14.7 Å². The third-order valence-corrected chi connectivity index (χ3v) is 3.51. The van der Waals surface area contributed by atoms with Gasteiger partial charge in [0.2, 0.25) is 0 Å². The van der Waals surface area contributed by atoms with E-state index in [4.69, 9.17) is 0 Å². The van der Waals surface area contributed by atoms with Crippen molar-refractivity contribution in [3.05, 3.63) is 24.3 Å². The zero-order chi connectivity index (χ0) is 15.4. The van der Waals surface area contributed by atoms with Crippen LogP contribution in [0.5, 0.6) is 0 Å². The molecule has 6 heteroatoms. The maximum absolute atomic E-state index is 12.1. The van der Waals surface area contributed by atoms with E-state index in [1.54, 1.807) is 12.1 Å². The Morgan fingerprint density at radius 3 is 2.71 bits per heavy atom. The zero-order valence-electron chi connectivity index (χ0n) is 12.4. The first-order valence-corrected chi connectivity index (χ1v) is 7.03. The first kappa shape index (κ1) is 15.3. The molecule has 2 amide bonds. The number of β-amino-alcohol motifs (C(OH)–C–C–N with tert-alkyl or cyclic N) is 1. The molecule has 6 nitrogen and oxygen atoms in total. The number of hydrogen-bond donors (Lipinski definition) is 2. The number of nitrogens with zero attached hydrogens (tertiary/aromatic N) is 2. The van der Waals surface area contributed by atoms with Crippen LogP contribution >= 0.6 is 0 Å². The van der Waals surface area contributed by atoms with Crippen LogP contribution in [0.2, 0.25) is 0 Å². The monoisotopic (exact) mass is 291 g/mol. The number of aliphatic hydroxyl groups excluding tert-OH is 1. The Hall–Kier alpha value is -2.08. The Morgan fingerprint density at radius 2 is 2.05 bits per heavy atom. The summed E-state index contributed by atoms with van der Waals surface area (Å²) in [5.74, 6) is -1.26. The fourth-order valence-electron chi connectivity index (χ4n) is 2.43. The zero-order valence-corrected chi connectivity index (χ0v) is 12.4. The maximum Gasteiger partial charge on any atom is 0.313 e. The van der Waals surface area contributed by atoms with Gasteiger partial charge in [0, 0.05) is 27.2 Å². The normalized spacial score (nSPS) is 18.2. The van der Waals surface area contributed by atoms with Gasteiger partial charge in [0.15, 0.2) is 0 Å². The van der Waals surface area contributed by atoms with Crippen LogP contribution < -0.4 is 10.2 Å². The SMILES string of the molecule is CN(C)c1ccccc1NC(=O)C(=O)N1CCCC(O)C1. The molecule has 114 valence electrons. The van der Waals surface area contributed by atoms with E-state index in [2.05, 4.69) is 5.32 Å². The molecule has 1 unspecified atom stereocenters. The van der Waals surface area contributed by atoms with Crippen molar-refractivity contribution in [2.75, 3.05) is 37.4 Å². The van der Waals surface area contributed by atoms with Crippen LogP contribution in [-0.4, -0.2) is 55.1 Å². The van der Waals surface area contributed by atoms with Crippen molar-refractivity contribution in [2.24, 2.45) is 0 Å². The molecular weight excluding hydrogens is 270 g/mol. The summed E-state index contributed by atoms with van der Waals surface area (Å²) in [7, 11) is 3.74. The number of nitrogens with one attached hydrogen (secondary N) is 1. The van der Waals surface area contributed by atoms with Crippen LogP contribution in [0.25, 0.3) is 0 Å². The Balaban J connectivity index is 2.06. The number of likely N-dealkylation sites (tertiary alicyclic amines) is 1. The minimum Gasteiger partial charge on any atom is -0.391 e. The standard InChI is InChI=1S/C15H21N3O3/c1-17(2)13-8-4-3-7-12(13)16-14(20)15(21)18-9-5-6-11(19)10-18/h3-4,7-8,11,19H,5-6,9-10H2,1-2H3,(H,16,20). The quantitative estimate of drug-likeness (QED) is 0.786. The molecule has 0 aliphatic carbocycles. The summed E-state index contributed by atoms with van der Waals surface area (Å²) in [6.07, 6.45) is 0.855. The molecule has 0 bridgehead atoms. The highest BCUT2D eigenvalue weighted by atomic mass is 16.3. The smallest absolute Gasteiger partial charge is 0.313 e. The lowest BCUT2D eigenvalue weighted by Gasteiger charge is -2.29. The fourth-order valence-corrected chi connectivity index (χ4v) is 2.43. The number of anilines is 2. The molecule has 2 rings (SSSR count). The van der Waals surface area contributed by atoms with Crippen LogP contribution in [0.3, 0.4) is 0 Å². The van der Waals surface area contributed by atoms with Gasteiger partial charge in [0.25, 0.3) is 0 Å². The Labute approximate surface area is 124 Å². The molecule has 1 aromatic carbocycles. The van der Waals surface area contributed by atoms with Gasteiger partial charge in [-0.1, -0.05) is 12.1 Å². The molecule has 2 N–H and O–H groups in total. The van der Waals surface area contributed by atoms with Crippen LogP contribution in [0, 0.1) is 0 Å². The Morgan fingerprint density at radius 1 is 1.33 bits per heavy atom. The van der Waals surface area contributed by atoms with Crippen molar-refractivity contribution in [1.82, 2.24) is 4.90 Å². The van der Waals surface area contributed by atoms with E-state index in [-0.39, 0.29) is 6.54 Å². The van der Waals surface area contributed by atoms with Gasteiger partial charge >= 0.3 is 11.8 Å². The Kier molecular flexibility index (Phi) is 4.80. The molecule has 1 aromatic rings. The summed E-state index contributed by atoms with van der Waals surface area (Å²) < 4.78 is 0. The molecule has 1 aliphatic heterocycles. The second kappa shape index (κ2) is 6.58. The van der Waals surface area contributed by atoms with E-state index in [0.717, 1.165) is 5.69 Å². The molecule has 1 atom stereocenters. The number of para-hydroxylation sites is 2. The van der Waals surface area contributed by atoms with E-state index >= 15 is 0 Å². The lowest BCUT2D eigenvalue weighted by atomic mass is 10.1. The molecule has 0 aromatic heterocycles. The minimum absolute atomic E-state index is 0.224. The van der Waals surface area contributed by atoms with Gasteiger partial charge in [-0.3, -0.25) is 9.59 Å². The predicted molar refractivity (Wildman–Crippen MR) is 81.2 cm³/mol. The predicted octanol–water partition coefficient (Wildman–Crippen LogP) is 0.674. The summed E-state index contributed by atoms with van der Waals surface area (Å²) in [5, 5.41) is 12.2. The lowest BCUT2D eigenvalue weighted by Crippen LogP contribution is -2.46. The summed E-state index contributed by atoms with van der Waals surface area (Å²) >= 11 is 0. The van der Waals surface area contributed by atoms with Crippen molar-refractivity contribution in [1.29, 1.82) is 0 Å². The van der Waals surface area contributed by atoms with Crippen LogP contribution in [0.4, 0.5) is 11.4 Å². The number of carbonyl (C=O) groups excluding carboxylic acids is 2. The third kappa shape index (κ3) is 3.72. The van der Waals surface area contributed by atoms with Gasteiger partial charge in [-0.05, 0) is 25.0 Å². The molecule has 21 heavy (non-hydrogen) atoms. The largest absolute Gasteiger partial charge is 0.391 e. The summed E-state index contributed by atoms with van der Waals surface area (Å²) in [5.41, 5.74) is 1.43. The number of aliphatic hydroxyl groups is 1. The molecule has 1 aliphatic rings. The van der Waals surface area contributed by atoms with Crippen molar-refractivity contribution in [3.8, 4) is 0 Å². The fraction of sp³-hybridized carbons (Fsp3) is 0.467.